The van der Waals surface area contributed by atoms with Gasteiger partial charge in [-0.3, -0.25) is 0 Å². The highest BCUT2D eigenvalue weighted by atomic mass is 16.5. The molecule has 18 heavy (non-hydrogen) atoms. The molecule has 0 saturated heterocycles. The van der Waals surface area contributed by atoms with Crippen LogP contribution in [0.4, 0.5) is 0 Å². The number of methoxy groups -OCH3 is 1. The van der Waals surface area contributed by atoms with Crippen molar-refractivity contribution in [2.45, 2.75) is 50.0 Å². The molecule has 1 aromatic rings. The first-order valence-electron chi connectivity index (χ1n) is 6.81. The molecule has 1 aromatic carbocycles. The Morgan fingerprint density at radius 1 is 1.28 bits per heavy atom. The molecule has 1 fully saturated rings. The SMILES string of the molecule is COC1C(N)CC1OC1CCCc2ccccc21. The molecule has 1 saturated carbocycles. The predicted molar refractivity (Wildman–Crippen MR) is 70.4 cm³/mol. The molecule has 4 unspecified atom stereocenters. The minimum atomic E-state index is 0.0686. The van der Waals surface area contributed by atoms with Crippen molar-refractivity contribution in [1.29, 1.82) is 0 Å². The standard InChI is InChI=1S/C15H21NO2/c1-17-15-12(16)9-14(15)18-13-8-4-6-10-5-2-3-7-11(10)13/h2-3,5,7,12-15H,4,6,8-9,16H2,1H3. The number of hydrogen-bond acceptors (Lipinski definition) is 3. The smallest absolute Gasteiger partial charge is 0.0985 e. The molecule has 0 aromatic heterocycles. The second-order valence-electron chi connectivity index (χ2n) is 5.35. The van der Waals surface area contributed by atoms with E-state index in [9.17, 15) is 0 Å². The average molecular weight is 247 g/mol. The summed E-state index contributed by atoms with van der Waals surface area (Å²) in [5.74, 6) is 0. The summed E-state index contributed by atoms with van der Waals surface area (Å²) >= 11 is 0. The van der Waals surface area contributed by atoms with Crippen molar-refractivity contribution in [3.8, 4) is 0 Å². The molecule has 0 bridgehead atoms. The summed E-state index contributed by atoms with van der Waals surface area (Å²) in [6.07, 6.45) is 4.87. The van der Waals surface area contributed by atoms with E-state index in [0.717, 1.165) is 12.8 Å². The Hall–Kier alpha value is -0.900. The molecule has 0 radical (unpaired) electrons. The zero-order valence-electron chi connectivity index (χ0n) is 10.8. The molecular formula is C15H21NO2. The third-order valence-corrected chi connectivity index (χ3v) is 4.22. The topological polar surface area (TPSA) is 44.5 Å². The van der Waals surface area contributed by atoms with Gasteiger partial charge in [-0.1, -0.05) is 24.3 Å². The lowest BCUT2D eigenvalue weighted by Crippen LogP contribution is -2.58. The van der Waals surface area contributed by atoms with Crippen LogP contribution in [0.2, 0.25) is 0 Å². The molecule has 3 nitrogen and oxygen atoms in total. The Morgan fingerprint density at radius 2 is 2.11 bits per heavy atom. The van der Waals surface area contributed by atoms with Crippen LogP contribution in [0.15, 0.2) is 24.3 Å². The maximum absolute atomic E-state index is 6.22. The van der Waals surface area contributed by atoms with Gasteiger partial charge < -0.3 is 15.2 Å². The summed E-state index contributed by atoms with van der Waals surface area (Å²) in [6, 6.07) is 8.75. The second-order valence-corrected chi connectivity index (χ2v) is 5.35. The highest BCUT2D eigenvalue weighted by molar-refractivity contribution is 5.31. The number of benzene rings is 1. The first-order valence-corrected chi connectivity index (χ1v) is 6.81. The first-order chi connectivity index (χ1) is 8.79. The van der Waals surface area contributed by atoms with Crippen molar-refractivity contribution in [2.24, 2.45) is 5.73 Å². The van der Waals surface area contributed by atoms with Gasteiger partial charge in [0.05, 0.1) is 18.3 Å². The largest absolute Gasteiger partial charge is 0.377 e. The maximum Gasteiger partial charge on any atom is 0.0985 e. The minimum Gasteiger partial charge on any atom is -0.377 e. The van der Waals surface area contributed by atoms with Gasteiger partial charge in [-0.25, -0.2) is 0 Å². The van der Waals surface area contributed by atoms with Crippen molar-refractivity contribution in [2.75, 3.05) is 7.11 Å². The van der Waals surface area contributed by atoms with E-state index in [-0.39, 0.29) is 24.4 Å². The number of aryl methyl sites for hydroxylation is 1. The average Bonchev–Trinajstić information content (AvgIpc) is 2.39. The van der Waals surface area contributed by atoms with E-state index in [1.807, 2.05) is 0 Å². The van der Waals surface area contributed by atoms with Crippen LogP contribution >= 0.6 is 0 Å². The summed E-state index contributed by atoms with van der Waals surface area (Å²) in [5.41, 5.74) is 8.72. The third kappa shape index (κ3) is 2.07. The highest BCUT2D eigenvalue weighted by Crippen LogP contribution is 2.37. The Morgan fingerprint density at radius 3 is 2.89 bits per heavy atom. The zero-order valence-corrected chi connectivity index (χ0v) is 10.8. The summed E-state index contributed by atoms with van der Waals surface area (Å²) in [7, 11) is 1.72. The molecule has 2 aliphatic rings. The summed E-state index contributed by atoms with van der Waals surface area (Å²) in [4.78, 5) is 0. The summed E-state index contributed by atoms with van der Waals surface area (Å²) < 4.78 is 11.6. The summed E-state index contributed by atoms with van der Waals surface area (Å²) in [5, 5.41) is 0. The van der Waals surface area contributed by atoms with E-state index in [1.54, 1.807) is 7.11 Å². The van der Waals surface area contributed by atoms with Gasteiger partial charge in [0.15, 0.2) is 0 Å². The van der Waals surface area contributed by atoms with E-state index in [1.165, 1.54) is 24.0 Å². The van der Waals surface area contributed by atoms with Crippen molar-refractivity contribution < 1.29 is 9.47 Å². The molecule has 2 N–H and O–H groups in total. The van der Waals surface area contributed by atoms with Gasteiger partial charge in [0.25, 0.3) is 0 Å². The monoisotopic (exact) mass is 247 g/mol. The van der Waals surface area contributed by atoms with Crippen LogP contribution in [-0.4, -0.2) is 25.4 Å². The lowest BCUT2D eigenvalue weighted by atomic mass is 9.84. The normalized spacial score (nSPS) is 34.8. The molecule has 3 rings (SSSR count). The van der Waals surface area contributed by atoms with Crippen molar-refractivity contribution >= 4 is 0 Å². The quantitative estimate of drug-likeness (QED) is 0.890. The van der Waals surface area contributed by atoms with Gasteiger partial charge in [0.2, 0.25) is 0 Å². The maximum atomic E-state index is 6.22. The number of rotatable bonds is 3. The second kappa shape index (κ2) is 5.00. The van der Waals surface area contributed by atoms with Gasteiger partial charge in [0.1, 0.15) is 0 Å². The fourth-order valence-electron chi connectivity index (χ4n) is 3.14. The molecule has 0 amide bonds. The molecule has 0 aliphatic heterocycles. The predicted octanol–water partition coefficient (Wildman–Crippen LogP) is 2.20. The Balaban J connectivity index is 1.71. The van der Waals surface area contributed by atoms with E-state index >= 15 is 0 Å². The third-order valence-electron chi connectivity index (χ3n) is 4.22. The molecule has 0 spiro atoms. The highest BCUT2D eigenvalue weighted by Gasteiger charge is 2.41. The van der Waals surface area contributed by atoms with Crippen molar-refractivity contribution in [1.82, 2.24) is 0 Å². The van der Waals surface area contributed by atoms with Crippen molar-refractivity contribution in [3.05, 3.63) is 35.4 Å². The Bertz CT molecular complexity index is 421. The molecule has 98 valence electrons. The number of ether oxygens (including phenoxy) is 2. The van der Waals surface area contributed by atoms with E-state index in [0.29, 0.717) is 0 Å². The van der Waals surface area contributed by atoms with Gasteiger partial charge >= 0.3 is 0 Å². The Kier molecular flexibility index (Phi) is 3.37. The lowest BCUT2D eigenvalue weighted by molar-refractivity contribution is -0.154. The molecule has 2 aliphatic carbocycles. The van der Waals surface area contributed by atoms with E-state index < -0.39 is 0 Å². The van der Waals surface area contributed by atoms with Crippen LogP contribution < -0.4 is 5.73 Å². The van der Waals surface area contributed by atoms with Crippen LogP contribution in [0.1, 0.15) is 36.5 Å². The van der Waals surface area contributed by atoms with E-state index in [4.69, 9.17) is 15.2 Å². The molecule has 3 heteroatoms. The van der Waals surface area contributed by atoms with E-state index in [2.05, 4.69) is 24.3 Å². The zero-order chi connectivity index (χ0) is 12.5. The molecule has 4 atom stereocenters. The fraction of sp³-hybridized carbons (Fsp3) is 0.600. The van der Waals surface area contributed by atoms with Crippen LogP contribution in [-0.2, 0) is 15.9 Å². The summed E-state index contributed by atoms with van der Waals surface area (Å²) in [6.45, 7) is 0. The van der Waals surface area contributed by atoms with Crippen LogP contribution in [0, 0.1) is 0 Å². The minimum absolute atomic E-state index is 0.0686. The molecular weight excluding hydrogens is 226 g/mol. The van der Waals surface area contributed by atoms with Crippen LogP contribution in [0.3, 0.4) is 0 Å². The van der Waals surface area contributed by atoms with Gasteiger partial charge in [0, 0.05) is 13.2 Å². The first kappa shape index (κ1) is 12.2. The van der Waals surface area contributed by atoms with Gasteiger partial charge in [-0.05, 0) is 36.8 Å². The lowest BCUT2D eigenvalue weighted by Gasteiger charge is -2.43. The van der Waals surface area contributed by atoms with Crippen LogP contribution in [0.5, 0.6) is 0 Å². The van der Waals surface area contributed by atoms with Crippen LogP contribution in [0.25, 0.3) is 0 Å². The molecule has 0 heterocycles. The number of nitrogens with two attached hydrogens (primary N) is 1. The van der Waals surface area contributed by atoms with Gasteiger partial charge in [-0.15, -0.1) is 0 Å². The van der Waals surface area contributed by atoms with Gasteiger partial charge in [-0.2, -0.15) is 0 Å². The van der Waals surface area contributed by atoms with Crippen molar-refractivity contribution in [3.63, 3.8) is 0 Å². The fourth-order valence-corrected chi connectivity index (χ4v) is 3.14. The number of fused-ring (bicyclic) bond motifs is 1. The number of hydrogen-bond donors (Lipinski definition) is 1. The Labute approximate surface area is 108 Å².